The molecule has 12 heteroatoms. The van der Waals surface area contributed by atoms with Crippen LogP contribution in [0.5, 0.6) is 0 Å². The van der Waals surface area contributed by atoms with Crippen LogP contribution in [0.3, 0.4) is 0 Å². The second kappa shape index (κ2) is 16.7. The van der Waals surface area contributed by atoms with Crippen LogP contribution in [0.25, 0.3) is 22.0 Å². The number of likely N-dealkylation sites (tertiary alicyclic amines) is 1. The minimum Gasteiger partial charge on any atom is -0.383 e. The quantitative estimate of drug-likeness (QED) is 0.0940. The monoisotopic (exact) mass is 766 g/mol. The van der Waals surface area contributed by atoms with Gasteiger partial charge < -0.3 is 19.1 Å². The maximum atomic E-state index is 15.6. The fourth-order valence-corrected chi connectivity index (χ4v) is 5.99. The van der Waals surface area contributed by atoms with E-state index in [0.717, 1.165) is 68.6 Å². The number of alkyl halides is 3. The van der Waals surface area contributed by atoms with E-state index < -0.39 is 144 Å². The summed E-state index contributed by atoms with van der Waals surface area (Å²) in [5, 5.41) is -1.87. The molecule has 5 aromatic rings. The number of carbonyl (C=O) groups is 1. The average molecular weight is 767 g/mol. The Hall–Kier alpha value is -4.52. The molecule has 0 atom stereocenters. The number of hydrogen-bond donors (Lipinski definition) is 0. The van der Waals surface area contributed by atoms with Gasteiger partial charge >= 0.3 is 6.18 Å². The highest BCUT2D eigenvalue weighted by Gasteiger charge is 2.31. The van der Waals surface area contributed by atoms with Crippen molar-refractivity contribution in [2.24, 2.45) is 0 Å². The molecule has 1 saturated heterocycles. The Kier molecular flexibility index (Phi) is 6.91. The Morgan fingerprint density at radius 1 is 1.04 bits per heavy atom. The Balaban J connectivity index is 1.65. The Morgan fingerprint density at radius 3 is 2.38 bits per heavy atom. The number of aromatic nitrogens is 1. The molecular formula is C41H40F5N3O3S. The standard InChI is InChI=1S/C41H40F5N3O3S/c1-27-6-15-36-34(22-27)37(50)23-39(53-26-31-4-3-5-35(42)40(31)43)49(36)25-38(51)48(33-16-18-47(19-17-33)20-21-52-2)24-28-7-9-29(10-8-28)30-11-13-32(14-12-30)41(44,45)46/h3-15,22-23,33H,16-21,24-26H2,1-2H3/i6D,15D,16D2,17D2,18D2,19D2,21D2,22D,23D,25D2,33D. The van der Waals surface area contributed by atoms with E-state index in [-0.39, 0.29) is 48.4 Å². The van der Waals surface area contributed by atoms with Crippen molar-refractivity contribution in [1.82, 2.24) is 14.4 Å². The number of piperidine rings is 1. The van der Waals surface area contributed by atoms with E-state index >= 15 is 9.18 Å². The molecule has 0 saturated carbocycles. The number of ether oxygens (including phenoxy) is 1. The number of hydrogen-bond acceptors (Lipinski definition) is 5. The predicted octanol–water partition coefficient (Wildman–Crippen LogP) is 8.71. The lowest BCUT2D eigenvalue weighted by atomic mass is 10.00. The molecule has 1 aliphatic rings. The molecule has 0 bridgehead atoms. The maximum Gasteiger partial charge on any atom is 0.416 e. The molecule has 6 rings (SSSR count). The van der Waals surface area contributed by atoms with Crippen LogP contribution in [0.15, 0.2) is 101 Å². The number of pyridine rings is 1. The van der Waals surface area contributed by atoms with Gasteiger partial charge in [-0.2, -0.15) is 13.2 Å². The van der Waals surface area contributed by atoms with Gasteiger partial charge in [0.1, 0.15) is 6.50 Å². The number of nitrogens with zero attached hydrogens (tertiary/aromatic N) is 3. The van der Waals surface area contributed by atoms with Crippen molar-refractivity contribution in [2.75, 3.05) is 33.2 Å². The van der Waals surface area contributed by atoms with Gasteiger partial charge in [0.25, 0.3) is 0 Å². The zero-order chi connectivity index (χ0) is 52.9. The highest BCUT2D eigenvalue weighted by Crippen LogP contribution is 2.32. The molecule has 1 fully saturated rings. The van der Waals surface area contributed by atoms with Crippen LogP contribution in [0.1, 0.15) is 58.3 Å². The van der Waals surface area contributed by atoms with Crippen molar-refractivity contribution in [3.63, 3.8) is 0 Å². The van der Waals surface area contributed by atoms with Crippen LogP contribution >= 0.6 is 11.8 Å². The highest BCUT2D eigenvalue weighted by molar-refractivity contribution is 7.98. The summed E-state index contributed by atoms with van der Waals surface area (Å²) in [7, 11) is 0.791. The van der Waals surface area contributed by atoms with E-state index in [2.05, 4.69) is 4.74 Å². The lowest BCUT2D eigenvalue weighted by Gasteiger charge is -2.39. The number of methoxy groups -OCH3 is 1. The minimum atomic E-state index is -4.68. The fourth-order valence-electron chi connectivity index (χ4n) is 5.04. The van der Waals surface area contributed by atoms with Crippen LogP contribution in [0.2, 0.25) is 0 Å². The summed E-state index contributed by atoms with van der Waals surface area (Å²) in [6.45, 7) is -16.9. The summed E-state index contributed by atoms with van der Waals surface area (Å²) >= 11 is 0.227. The fraction of sp³-hybridized carbons (Fsp3) is 0.317. The van der Waals surface area contributed by atoms with Crippen molar-refractivity contribution in [2.45, 2.75) is 55.7 Å². The number of rotatable bonds is 12. The first-order valence-corrected chi connectivity index (χ1v) is 16.6. The average Bonchev–Trinajstić information content (AvgIpc) is 3.28. The molecule has 278 valence electrons. The van der Waals surface area contributed by atoms with Gasteiger partial charge in [0.15, 0.2) is 17.1 Å². The van der Waals surface area contributed by atoms with Gasteiger partial charge in [-0.3, -0.25) is 9.59 Å². The molecule has 1 amide bonds. The summed E-state index contributed by atoms with van der Waals surface area (Å²) in [5.74, 6) is -5.75. The SMILES string of the molecule is [2H]c1c(C)c([2H])c2c(=O)c([2H])c(SCc3cccc(F)c3F)n(C([2H])([2H])C(=O)N(Cc3ccc(-c4ccc(C(F)(F)F)cc4)cc3)C3([2H])C([2H])([2H])C([2H])([2H])N(CC([2H])([2H])OC)C([2H])([2H])C3([2H])[2H])c2c1[2H]. The molecule has 0 radical (unpaired) electrons. The van der Waals surface area contributed by atoms with Gasteiger partial charge in [-0.15, -0.1) is 11.8 Å². The van der Waals surface area contributed by atoms with Gasteiger partial charge in [-0.05, 0) is 66.6 Å². The lowest BCUT2D eigenvalue weighted by Crippen LogP contribution is -2.48. The zero-order valence-electron chi connectivity index (χ0n) is 44.8. The number of amides is 1. The van der Waals surface area contributed by atoms with Crippen LogP contribution in [0.4, 0.5) is 22.0 Å². The van der Waals surface area contributed by atoms with E-state index in [1.807, 2.05) is 0 Å². The third-order valence-electron chi connectivity index (χ3n) is 7.74. The largest absolute Gasteiger partial charge is 0.416 e. The Labute approximate surface area is 333 Å². The van der Waals surface area contributed by atoms with E-state index in [1.165, 1.54) is 12.1 Å². The van der Waals surface area contributed by atoms with Gasteiger partial charge in [0.2, 0.25) is 5.91 Å². The molecule has 53 heavy (non-hydrogen) atoms. The second-order valence-corrected chi connectivity index (χ2v) is 12.3. The van der Waals surface area contributed by atoms with Crippen molar-refractivity contribution in [1.29, 1.82) is 0 Å². The van der Waals surface area contributed by atoms with E-state index in [4.69, 9.17) is 13.7 Å². The van der Waals surface area contributed by atoms with Crippen molar-refractivity contribution in [3.05, 3.63) is 135 Å². The first kappa shape index (κ1) is 22.0. The highest BCUT2D eigenvalue weighted by atomic mass is 32.2. The van der Waals surface area contributed by atoms with Gasteiger partial charge in [0, 0.05) is 72.9 Å². The summed E-state index contributed by atoms with van der Waals surface area (Å²) in [5.41, 5.74) is -3.95. The predicted molar refractivity (Wildman–Crippen MR) is 198 cm³/mol. The number of halogens is 5. The van der Waals surface area contributed by atoms with Crippen molar-refractivity contribution < 1.29 is 54.8 Å². The molecule has 0 N–H and O–H groups in total. The second-order valence-electron chi connectivity index (χ2n) is 11.4. The summed E-state index contributed by atoms with van der Waals surface area (Å²) in [6, 6.07) is 3.32. The first-order chi connectivity index (χ1) is 32.0. The lowest BCUT2D eigenvalue weighted by molar-refractivity contribution is -0.137. The first-order valence-electron chi connectivity index (χ1n) is 24.1. The van der Waals surface area contributed by atoms with E-state index in [0.29, 0.717) is 0 Å². The van der Waals surface area contributed by atoms with Crippen molar-refractivity contribution >= 4 is 28.6 Å². The van der Waals surface area contributed by atoms with Crippen LogP contribution in [-0.2, 0) is 34.5 Å². The van der Waals surface area contributed by atoms with E-state index in [9.17, 15) is 32.0 Å². The van der Waals surface area contributed by atoms with Crippen LogP contribution in [0, 0.1) is 18.6 Å². The van der Waals surface area contributed by atoms with Crippen LogP contribution < -0.4 is 5.43 Å². The summed E-state index contributed by atoms with van der Waals surface area (Å²) in [6.07, 6.45) is -13.2. The smallest absolute Gasteiger partial charge is 0.383 e. The van der Waals surface area contributed by atoms with Crippen molar-refractivity contribution in [3.8, 4) is 11.1 Å². The molecule has 1 aliphatic heterocycles. The summed E-state index contributed by atoms with van der Waals surface area (Å²) in [4.78, 5) is 29.1. The maximum absolute atomic E-state index is 15.6. The van der Waals surface area contributed by atoms with Gasteiger partial charge in [0.05, 0.1) is 35.0 Å². The molecule has 0 spiro atoms. The number of benzene rings is 4. The molecule has 2 heterocycles. The molecule has 6 nitrogen and oxygen atoms in total. The minimum absolute atomic E-state index is 0.148. The Bertz CT molecular complexity index is 2910. The summed E-state index contributed by atoms with van der Waals surface area (Å²) < 4.78 is 227. The molecule has 0 unspecified atom stereocenters. The molecule has 4 aromatic carbocycles. The number of thioether (sulfide) groups is 1. The number of carbonyl (C=O) groups excluding carboxylic acids is 1. The number of fused-ring (bicyclic) bond motifs is 1. The van der Waals surface area contributed by atoms with Crippen LogP contribution in [-0.4, -0.2) is 59.5 Å². The Morgan fingerprint density at radius 2 is 1.72 bits per heavy atom. The zero-order valence-corrected chi connectivity index (χ0v) is 28.7. The van der Waals surface area contributed by atoms with E-state index in [1.54, 1.807) is 0 Å². The molecular weight excluding hydrogens is 710 g/mol. The van der Waals surface area contributed by atoms with Gasteiger partial charge in [-0.25, -0.2) is 8.78 Å². The molecule has 1 aromatic heterocycles. The van der Waals surface area contributed by atoms with Gasteiger partial charge in [-0.1, -0.05) is 60.1 Å². The normalized spacial score (nSPS) is 23.8. The third kappa shape index (κ3) is 9.17. The third-order valence-corrected chi connectivity index (χ3v) is 8.75. The molecule has 0 aliphatic carbocycles. The topological polar surface area (TPSA) is 54.8 Å².